The van der Waals surface area contributed by atoms with Crippen molar-refractivity contribution in [1.29, 1.82) is 0 Å². The summed E-state index contributed by atoms with van der Waals surface area (Å²) >= 11 is 0. The number of carbonyl (C=O) groups excluding carboxylic acids is 1. The Morgan fingerprint density at radius 3 is 2.33 bits per heavy atom. The standard InChI is InChI=1S/C22H27NO4/c1-27-16-5-2-4-15(14-16)21-8-11-22(12-9-21,13-10-21)23-19(24)17-6-3-7-18(17)20(25)26/h2,4-5,14H,3,6-13H2,1H3,(H,23,24)(H,25,26). The third-order valence-corrected chi connectivity index (χ3v) is 7.06. The van der Waals surface area contributed by atoms with Crippen molar-refractivity contribution in [3.63, 3.8) is 0 Å². The summed E-state index contributed by atoms with van der Waals surface area (Å²) in [4.78, 5) is 24.2. The molecule has 2 N–H and O–H groups in total. The van der Waals surface area contributed by atoms with Crippen LogP contribution in [0.25, 0.3) is 0 Å². The minimum atomic E-state index is -0.945. The van der Waals surface area contributed by atoms with E-state index in [4.69, 9.17) is 4.74 Å². The largest absolute Gasteiger partial charge is 0.497 e. The fourth-order valence-corrected chi connectivity index (χ4v) is 5.31. The molecule has 0 aliphatic heterocycles. The van der Waals surface area contributed by atoms with Crippen molar-refractivity contribution in [3.05, 3.63) is 41.0 Å². The van der Waals surface area contributed by atoms with Gasteiger partial charge >= 0.3 is 5.97 Å². The Hall–Kier alpha value is -2.30. The molecule has 1 aromatic carbocycles. The first-order valence-electron chi connectivity index (χ1n) is 9.89. The molecule has 4 aliphatic rings. The van der Waals surface area contributed by atoms with Crippen LogP contribution in [0.1, 0.15) is 63.4 Å². The third-order valence-electron chi connectivity index (χ3n) is 7.06. The highest BCUT2D eigenvalue weighted by molar-refractivity contribution is 6.03. The first-order valence-corrected chi connectivity index (χ1v) is 9.89. The van der Waals surface area contributed by atoms with Crippen LogP contribution in [0.2, 0.25) is 0 Å². The Morgan fingerprint density at radius 1 is 1.04 bits per heavy atom. The van der Waals surface area contributed by atoms with Crippen LogP contribution in [-0.4, -0.2) is 29.6 Å². The third kappa shape index (κ3) is 3.13. The summed E-state index contributed by atoms with van der Waals surface area (Å²) < 4.78 is 5.40. The first-order chi connectivity index (χ1) is 13.0. The quantitative estimate of drug-likeness (QED) is 0.829. The van der Waals surface area contributed by atoms with Crippen molar-refractivity contribution in [2.24, 2.45) is 0 Å². The molecule has 0 aromatic heterocycles. The molecule has 144 valence electrons. The lowest BCUT2D eigenvalue weighted by atomic mass is 9.55. The summed E-state index contributed by atoms with van der Waals surface area (Å²) in [5, 5.41) is 12.6. The second-order valence-electron chi connectivity index (χ2n) is 8.36. The highest BCUT2D eigenvalue weighted by Gasteiger charge is 2.50. The molecule has 0 atom stereocenters. The summed E-state index contributed by atoms with van der Waals surface area (Å²) in [6, 6.07) is 8.38. The molecule has 4 aliphatic carbocycles. The van der Waals surface area contributed by atoms with Gasteiger partial charge in [0, 0.05) is 16.7 Å². The van der Waals surface area contributed by atoms with Crippen LogP contribution in [-0.2, 0) is 15.0 Å². The first kappa shape index (κ1) is 18.1. The molecular weight excluding hydrogens is 342 g/mol. The zero-order valence-corrected chi connectivity index (χ0v) is 15.8. The molecule has 5 rings (SSSR count). The number of ether oxygens (including phenoxy) is 1. The van der Waals surface area contributed by atoms with E-state index in [0.717, 1.165) is 50.7 Å². The molecular formula is C22H27NO4. The number of amides is 1. The van der Waals surface area contributed by atoms with E-state index in [1.54, 1.807) is 7.11 Å². The van der Waals surface area contributed by atoms with Crippen LogP contribution in [0.5, 0.6) is 5.75 Å². The van der Waals surface area contributed by atoms with E-state index in [9.17, 15) is 14.7 Å². The van der Waals surface area contributed by atoms with Gasteiger partial charge in [-0.3, -0.25) is 4.79 Å². The summed E-state index contributed by atoms with van der Waals surface area (Å²) in [6.45, 7) is 0. The molecule has 2 bridgehead atoms. The number of fused-ring (bicyclic) bond motifs is 3. The van der Waals surface area contributed by atoms with Crippen LogP contribution in [0.4, 0.5) is 0 Å². The van der Waals surface area contributed by atoms with Gasteiger partial charge < -0.3 is 15.2 Å². The Balaban J connectivity index is 1.49. The van der Waals surface area contributed by atoms with Gasteiger partial charge in [0.1, 0.15) is 5.75 Å². The Labute approximate surface area is 159 Å². The number of rotatable bonds is 5. The summed E-state index contributed by atoms with van der Waals surface area (Å²) in [6.07, 6.45) is 7.84. The van der Waals surface area contributed by atoms with E-state index < -0.39 is 5.97 Å². The van der Waals surface area contributed by atoms with Crippen molar-refractivity contribution in [1.82, 2.24) is 5.32 Å². The van der Waals surface area contributed by atoms with E-state index in [1.165, 1.54) is 5.56 Å². The van der Waals surface area contributed by atoms with Crippen molar-refractivity contribution in [3.8, 4) is 5.75 Å². The maximum Gasteiger partial charge on any atom is 0.332 e. The van der Waals surface area contributed by atoms with E-state index in [-0.39, 0.29) is 16.9 Å². The minimum Gasteiger partial charge on any atom is -0.497 e. The summed E-state index contributed by atoms with van der Waals surface area (Å²) in [5.74, 6) is -0.202. The molecule has 3 fully saturated rings. The molecule has 0 spiro atoms. The predicted molar refractivity (Wildman–Crippen MR) is 102 cm³/mol. The Bertz CT molecular complexity index is 786. The van der Waals surface area contributed by atoms with E-state index >= 15 is 0 Å². The van der Waals surface area contributed by atoms with Gasteiger partial charge in [-0.15, -0.1) is 0 Å². The molecule has 0 heterocycles. The fraction of sp³-hybridized carbons (Fsp3) is 0.545. The second-order valence-corrected chi connectivity index (χ2v) is 8.36. The lowest BCUT2D eigenvalue weighted by molar-refractivity contribution is -0.133. The molecule has 0 unspecified atom stereocenters. The van der Waals surface area contributed by atoms with E-state index in [1.807, 2.05) is 6.07 Å². The van der Waals surface area contributed by atoms with Crippen molar-refractivity contribution >= 4 is 11.9 Å². The highest BCUT2D eigenvalue weighted by atomic mass is 16.5. The van der Waals surface area contributed by atoms with Gasteiger partial charge in [0.05, 0.1) is 7.11 Å². The molecule has 1 amide bonds. The van der Waals surface area contributed by atoms with Crippen LogP contribution >= 0.6 is 0 Å². The van der Waals surface area contributed by atoms with Crippen molar-refractivity contribution in [2.75, 3.05) is 7.11 Å². The molecule has 3 saturated carbocycles. The van der Waals surface area contributed by atoms with Gasteiger partial charge in [-0.1, -0.05) is 12.1 Å². The molecule has 5 nitrogen and oxygen atoms in total. The lowest BCUT2D eigenvalue weighted by Gasteiger charge is -2.54. The van der Waals surface area contributed by atoms with Crippen LogP contribution in [0, 0.1) is 0 Å². The van der Waals surface area contributed by atoms with Crippen LogP contribution in [0.3, 0.4) is 0 Å². The van der Waals surface area contributed by atoms with E-state index in [0.29, 0.717) is 24.0 Å². The zero-order valence-electron chi connectivity index (χ0n) is 15.8. The number of carbonyl (C=O) groups is 2. The van der Waals surface area contributed by atoms with Crippen LogP contribution in [0.15, 0.2) is 35.4 Å². The second kappa shape index (κ2) is 6.70. The normalized spacial score (nSPS) is 29.7. The number of hydrogen-bond donors (Lipinski definition) is 2. The molecule has 0 radical (unpaired) electrons. The average molecular weight is 369 g/mol. The monoisotopic (exact) mass is 369 g/mol. The number of methoxy groups -OCH3 is 1. The molecule has 0 saturated heterocycles. The SMILES string of the molecule is COc1cccc(C23CCC(NC(=O)C4=C(C(=O)O)CCC4)(CC2)CC3)c1. The summed E-state index contributed by atoms with van der Waals surface area (Å²) in [7, 11) is 1.70. The highest BCUT2D eigenvalue weighted by Crippen LogP contribution is 2.54. The molecule has 27 heavy (non-hydrogen) atoms. The Morgan fingerprint density at radius 2 is 1.70 bits per heavy atom. The number of nitrogens with one attached hydrogen (secondary N) is 1. The average Bonchev–Trinajstić information content (AvgIpc) is 3.20. The van der Waals surface area contributed by atoms with E-state index in [2.05, 4.69) is 23.5 Å². The molecule has 1 aromatic rings. The number of hydrogen-bond acceptors (Lipinski definition) is 3. The Kier molecular flexibility index (Phi) is 4.49. The maximum absolute atomic E-state index is 12.8. The van der Waals surface area contributed by atoms with Gasteiger partial charge in [0.25, 0.3) is 0 Å². The maximum atomic E-state index is 12.8. The number of carboxylic acid groups (broad SMARTS) is 1. The van der Waals surface area contributed by atoms with Gasteiger partial charge in [-0.2, -0.15) is 0 Å². The zero-order chi connectivity index (χ0) is 19.1. The fourth-order valence-electron chi connectivity index (χ4n) is 5.31. The van der Waals surface area contributed by atoms with Gasteiger partial charge in [0.2, 0.25) is 5.91 Å². The molecule has 5 heteroatoms. The summed E-state index contributed by atoms with van der Waals surface area (Å²) in [5.41, 5.74) is 2.15. The lowest BCUT2D eigenvalue weighted by Crippen LogP contribution is -2.58. The smallest absolute Gasteiger partial charge is 0.332 e. The van der Waals surface area contributed by atoms with Crippen molar-refractivity contribution in [2.45, 2.75) is 68.7 Å². The van der Waals surface area contributed by atoms with Crippen molar-refractivity contribution < 1.29 is 19.4 Å². The topological polar surface area (TPSA) is 75.6 Å². The number of benzene rings is 1. The number of aliphatic carboxylic acids is 1. The van der Waals surface area contributed by atoms with Gasteiger partial charge in [-0.05, 0) is 80.9 Å². The predicted octanol–water partition coefficient (Wildman–Crippen LogP) is 3.72. The van der Waals surface area contributed by atoms with Gasteiger partial charge in [0.15, 0.2) is 0 Å². The minimum absolute atomic E-state index is 0.152. The number of carboxylic acids is 1. The van der Waals surface area contributed by atoms with Crippen LogP contribution < -0.4 is 10.1 Å². The van der Waals surface area contributed by atoms with Gasteiger partial charge in [-0.25, -0.2) is 4.79 Å².